The lowest BCUT2D eigenvalue weighted by Crippen LogP contribution is -2.23. The van der Waals surface area contributed by atoms with E-state index >= 15 is 0 Å². The first-order valence-electron chi connectivity index (χ1n) is 4.31. The van der Waals surface area contributed by atoms with Gasteiger partial charge in [0.05, 0.1) is 6.04 Å². The molecule has 1 unspecified atom stereocenters. The maximum Gasteiger partial charge on any atom is 0.121 e. The van der Waals surface area contributed by atoms with Gasteiger partial charge in [0.2, 0.25) is 0 Å². The summed E-state index contributed by atoms with van der Waals surface area (Å²) in [6, 6.07) is 5.00. The van der Waals surface area contributed by atoms with Gasteiger partial charge in [0.1, 0.15) is 5.75 Å². The van der Waals surface area contributed by atoms with Crippen LogP contribution in [0, 0.1) is 12.3 Å². The van der Waals surface area contributed by atoms with E-state index in [1.165, 1.54) is 0 Å². The second-order valence-corrected chi connectivity index (χ2v) is 3.41. The lowest BCUT2D eigenvalue weighted by molar-refractivity contribution is 0.463. The standard InChI is InChI=1S/C11H12ClNO/c1-3-8(2)13-7-9-10(12)5-4-6-11(9)14/h1,4-6,8,13-14H,7H2,2H3. The second kappa shape index (κ2) is 4.90. The Morgan fingerprint density at radius 1 is 1.64 bits per heavy atom. The van der Waals surface area contributed by atoms with Crippen LogP contribution in [0.5, 0.6) is 5.75 Å². The molecule has 1 aromatic rings. The highest BCUT2D eigenvalue weighted by atomic mass is 35.5. The predicted molar refractivity (Wildman–Crippen MR) is 58.3 cm³/mol. The normalized spacial score (nSPS) is 12.1. The van der Waals surface area contributed by atoms with Crippen molar-refractivity contribution >= 4 is 11.6 Å². The minimum absolute atomic E-state index is 0.0364. The molecule has 0 aliphatic heterocycles. The van der Waals surface area contributed by atoms with Crippen molar-refractivity contribution in [1.82, 2.24) is 5.32 Å². The average molecular weight is 210 g/mol. The van der Waals surface area contributed by atoms with E-state index in [1.54, 1.807) is 18.2 Å². The number of terminal acetylenes is 1. The Kier molecular flexibility index (Phi) is 3.82. The fraction of sp³-hybridized carbons (Fsp3) is 0.273. The molecular formula is C11H12ClNO. The van der Waals surface area contributed by atoms with Crippen molar-refractivity contribution in [3.8, 4) is 18.1 Å². The minimum Gasteiger partial charge on any atom is -0.508 e. The summed E-state index contributed by atoms with van der Waals surface area (Å²) in [5.74, 6) is 2.73. The van der Waals surface area contributed by atoms with E-state index in [2.05, 4.69) is 11.2 Å². The van der Waals surface area contributed by atoms with Crippen molar-refractivity contribution in [3.63, 3.8) is 0 Å². The lowest BCUT2D eigenvalue weighted by Gasteiger charge is -2.10. The van der Waals surface area contributed by atoms with Gasteiger partial charge < -0.3 is 5.11 Å². The molecule has 0 saturated carbocycles. The summed E-state index contributed by atoms with van der Waals surface area (Å²) < 4.78 is 0. The van der Waals surface area contributed by atoms with Crippen LogP contribution in [0.15, 0.2) is 18.2 Å². The number of aromatic hydroxyl groups is 1. The van der Waals surface area contributed by atoms with E-state index < -0.39 is 0 Å². The molecule has 74 valence electrons. The molecule has 0 bridgehead atoms. The molecule has 14 heavy (non-hydrogen) atoms. The Labute approximate surface area is 88.9 Å². The predicted octanol–water partition coefficient (Wildman–Crippen LogP) is 2.16. The molecule has 0 radical (unpaired) electrons. The summed E-state index contributed by atoms with van der Waals surface area (Å²) in [6.07, 6.45) is 5.20. The maximum absolute atomic E-state index is 9.50. The van der Waals surface area contributed by atoms with Gasteiger partial charge in [0.25, 0.3) is 0 Å². The van der Waals surface area contributed by atoms with Gasteiger partial charge in [-0.25, -0.2) is 0 Å². The molecule has 3 heteroatoms. The summed E-state index contributed by atoms with van der Waals surface area (Å²) in [5, 5.41) is 13.1. The molecule has 0 fully saturated rings. The van der Waals surface area contributed by atoms with Crippen molar-refractivity contribution in [2.45, 2.75) is 19.5 Å². The van der Waals surface area contributed by atoms with E-state index in [0.717, 1.165) is 0 Å². The monoisotopic (exact) mass is 209 g/mol. The topological polar surface area (TPSA) is 32.3 Å². The number of benzene rings is 1. The van der Waals surface area contributed by atoms with Crippen molar-refractivity contribution in [1.29, 1.82) is 0 Å². The van der Waals surface area contributed by atoms with Crippen molar-refractivity contribution in [3.05, 3.63) is 28.8 Å². The Morgan fingerprint density at radius 2 is 2.36 bits per heavy atom. The fourth-order valence-electron chi connectivity index (χ4n) is 1.04. The van der Waals surface area contributed by atoms with E-state index in [1.807, 2.05) is 6.92 Å². The van der Waals surface area contributed by atoms with Crippen molar-refractivity contribution in [2.75, 3.05) is 0 Å². The molecule has 0 spiro atoms. The van der Waals surface area contributed by atoms with E-state index in [-0.39, 0.29) is 11.8 Å². The van der Waals surface area contributed by atoms with Crippen LogP contribution in [0.25, 0.3) is 0 Å². The Bertz CT molecular complexity index is 337. The zero-order chi connectivity index (χ0) is 10.6. The van der Waals surface area contributed by atoms with Crippen LogP contribution in [-0.4, -0.2) is 11.1 Å². The highest BCUT2D eigenvalue weighted by Crippen LogP contribution is 2.24. The number of phenolic OH excluding ortho intramolecular Hbond substituents is 1. The van der Waals surface area contributed by atoms with Crippen LogP contribution in [-0.2, 0) is 6.54 Å². The molecule has 0 aliphatic rings. The zero-order valence-electron chi connectivity index (χ0n) is 7.92. The Balaban J connectivity index is 2.72. The summed E-state index contributed by atoms with van der Waals surface area (Å²) in [4.78, 5) is 0. The molecule has 0 aliphatic carbocycles. The summed E-state index contributed by atoms with van der Waals surface area (Å²) in [6.45, 7) is 2.34. The Hall–Kier alpha value is -1.17. The number of hydrogen-bond acceptors (Lipinski definition) is 2. The van der Waals surface area contributed by atoms with Gasteiger partial charge in [-0.3, -0.25) is 5.32 Å². The summed E-state index contributed by atoms with van der Waals surface area (Å²) in [7, 11) is 0. The number of phenols is 1. The van der Waals surface area contributed by atoms with Crippen LogP contribution in [0.2, 0.25) is 5.02 Å². The first-order chi connectivity index (χ1) is 6.65. The molecule has 1 atom stereocenters. The van der Waals surface area contributed by atoms with Gasteiger partial charge in [0, 0.05) is 17.1 Å². The number of nitrogens with one attached hydrogen (secondary N) is 1. The van der Waals surface area contributed by atoms with Crippen molar-refractivity contribution < 1.29 is 5.11 Å². The molecule has 0 saturated heterocycles. The van der Waals surface area contributed by atoms with Crippen LogP contribution >= 0.6 is 11.6 Å². The molecule has 0 heterocycles. The summed E-state index contributed by atoms with van der Waals surface area (Å²) in [5.41, 5.74) is 0.677. The molecule has 1 rings (SSSR count). The van der Waals surface area contributed by atoms with Gasteiger partial charge in [-0.05, 0) is 19.1 Å². The maximum atomic E-state index is 9.50. The third-order valence-electron chi connectivity index (χ3n) is 1.93. The third-order valence-corrected chi connectivity index (χ3v) is 2.28. The molecule has 1 aromatic carbocycles. The molecule has 2 N–H and O–H groups in total. The van der Waals surface area contributed by atoms with Crippen LogP contribution in [0.1, 0.15) is 12.5 Å². The van der Waals surface area contributed by atoms with Gasteiger partial charge >= 0.3 is 0 Å². The quantitative estimate of drug-likeness (QED) is 0.748. The smallest absolute Gasteiger partial charge is 0.121 e. The number of rotatable bonds is 3. The lowest BCUT2D eigenvalue weighted by atomic mass is 10.2. The average Bonchev–Trinajstić information content (AvgIpc) is 2.16. The van der Waals surface area contributed by atoms with Crippen LogP contribution in [0.4, 0.5) is 0 Å². The highest BCUT2D eigenvalue weighted by Gasteiger charge is 2.06. The summed E-state index contributed by atoms with van der Waals surface area (Å²) >= 11 is 5.90. The molecular weight excluding hydrogens is 198 g/mol. The van der Waals surface area contributed by atoms with Gasteiger partial charge in [-0.2, -0.15) is 0 Å². The Morgan fingerprint density at radius 3 is 2.93 bits per heavy atom. The number of halogens is 1. The molecule has 2 nitrogen and oxygen atoms in total. The SMILES string of the molecule is C#CC(C)NCc1c(O)cccc1Cl. The van der Waals surface area contributed by atoms with Gasteiger partial charge in [-0.1, -0.05) is 23.6 Å². The first-order valence-corrected chi connectivity index (χ1v) is 4.69. The van der Waals surface area contributed by atoms with Crippen LogP contribution in [0.3, 0.4) is 0 Å². The van der Waals surface area contributed by atoms with Crippen molar-refractivity contribution in [2.24, 2.45) is 0 Å². The minimum atomic E-state index is -0.0364. The molecule has 0 aromatic heterocycles. The third kappa shape index (κ3) is 2.66. The highest BCUT2D eigenvalue weighted by molar-refractivity contribution is 6.31. The first kappa shape index (κ1) is 10.9. The van der Waals surface area contributed by atoms with Gasteiger partial charge in [-0.15, -0.1) is 6.42 Å². The fourth-order valence-corrected chi connectivity index (χ4v) is 1.27. The van der Waals surface area contributed by atoms with Crippen LogP contribution < -0.4 is 5.32 Å². The number of hydrogen-bond donors (Lipinski definition) is 2. The zero-order valence-corrected chi connectivity index (χ0v) is 8.67. The van der Waals surface area contributed by atoms with E-state index in [4.69, 9.17) is 18.0 Å². The second-order valence-electron chi connectivity index (χ2n) is 3.01. The van der Waals surface area contributed by atoms with E-state index in [9.17, 15) is 5.11 Å². The van der Waals surface area contributed by atoms with E-state index in [0.29, 0.717) is 17.1 Å². The molecule has 0 amide bonds. The van der Waals surface area contributed by atoms with Gasteiger partial charge in [0.15, 0.2) is 0 Å². The largest absolute Gasteiger partial charge is 0.508 e.